The van der Waals surface area contributed by atoms with Gasteiger partial charge in [0, 0.05) is 12.7 Å². The Labute approximate surface area is 99.8 Å². The summed E-state index contributed by atoms with van der Waals surface area (Å²) in [4.78, 5) is 15.5. The fourth-order valence-corrected chi connectivity index (χ4v) is 1.28. The predicted octanol–water partition coefficient (Wildman–Crippen LogP) is 0.472. The number of carbonyl (C=O) groups excluding carboxylic acids is 1. The normalized spacial score (nSPS) is 11.4. The number of nitrogens with zero attached hydrogens (tertiary/aromatic N) is 2. The molecule has 6 heteroatoms. The molecule has 1 unspecified atom stereocenters. The van der Waals surface area contributed by atoms with E-state index in [4.69, 9.17) is 11.0 Å². The first kappa shape index (κ1) is 12.8. The molecule has 6 nitrogen and oxygen atoms in total. The number of nitriles is 1. The van der Waals surface area contributed by atoms with Gasteiger partial charge in [0.25, 0.3) is 0 Å². The Balaban J connectivity index is 2.82. The molecule has 1 aromatic rings. The highest BCUT2D eigenvalue weighted by Crippen LogP contribution is 2.19. The minimum Gasteiger partial charge on any atom is -0.395 e. The molecule has 0 aromatic carbocycles. The molecule has 1 rings (SSSR count). The van der Waals surface area contributed by atoms with Gasteiger partial charge in [-0.25, -0.2) is 4.98 Å². The molecule has 4 N–H and O–H groups in total. The molecular formula is C11H15N5O. The molecule has 17 heavy (non-hydrogen) atoms. The Bertz CT molecular complexity index is 452. The largest absolute Gasteiger partial charge is 0.395 e. The minimum atomic E-state index is -0.460. The third kappa shape index (κ3) is 3.08. The number of nitrogens with two attached hydrogens (primary N) is 1. The van der Waals surface area contributed by atoms with E-state index in [0.717, 1.165) is 0 Å². The zero-order valence-corrected chi connectivity index (χ0v) is 9.82. The number of hydrogen-bond acceptors (Lipinski definition) is 5. The van der Waals surface area contributed by atoms with Crippen molar-refractivity contribution < 1.29 is 4.79 Å². The summed E-state index contributed by atoms with van der Waals surface area (Å²) in [6.07, 6.45) is 1.47. The van der Waals surface area contributed by atoms with Gasteiger partial charge in [0.1, 0.15) is 12.1 Å². The molecule has 1 atom stereocenters. The molecule has 0 spiro atoms. The van der Waals surface area contributed by atoms with E-state index < -0.39 is 6.04 Å². The lowest BCUT2D eigenvalue weighted by molar-refractivity contribution is -0.121. The Morgan fingerprint density at radius 1 is 1.71 bits per heavy atom. The average molecular weight is 233 g/mol. The third-order valence-electron chi connectivity index (χ3n) is 2.21. The smallest absolute Gasteiger partial charge is 0.242 e. The molecule has 0 aliphatic carbocycles. The summed E-state index contributed by atoms with van der Waals surface area (Å²) in [5.41, 5.74) is 6.33. The number of amides is 1. The van der Waals surface area contributed by atoms with Gasteiger partial charge in [0.15, 0.2) is 5.82 Å². The van der Waals surface area contributed by atoms with Crippen LogP contribution in [0, 0.1) is 11.3 Å². The predicted molar refractivity (Wildman–Crippen MR) is 65.1 cm³/mol. The van der Waals surface area contributed by atoms with Gasteiger partial charge in [0.2, 0.25) is 5.91 Å². The molecule has 0 aliphatic rings. The number of carbonyl (C=O) groups is 1. The van der Waals surface area contributed by atoms with E-state index in [9.17, 15) is 4.79 Å². The van der Waals surface area contributed by atoms with Crippen molar-refractivity contribution in [3.63, 3.8) is 0 Å². The standard InChI is InChI=1S/C11H15N5O/c1-3-14-11(17)7(2)16-10-9(13)8(6-12)4-5-15-10/h4-5,7H,3,13H2,1-2H3,(H,14,17)(H,15,16). The van der Waals surface area contributed by atoms with Crippen molar-refractivity contribution in [2.24, 2.45) is 0 Å². The highest BCUT2D eigenvalue weighted by atomic mass is 16.2. The van der Waals surface area contributed by atoms with Crippen molar-refractivity contribution in [3.8, 4) is 6.07 Å². The summed E-state index contributed by atoms with van der Waals surface area (Å²) in [5.74, 6) is 0.207. The molecule has 1 aromatic heterocycles. The fourth-order valence-electron chi connectivity index (χ4n) is 1.28. The number of nitrogen functional groups attached to an aromatic ring is 1. The van der Waals surface area contributed by atoms with Gasteiger partial charge in [-0.15, -0.1) is 0 Å². The first-order valence-electron chi connectivity index (χ1n) is 5.29. The van der Waals surface area contributed by atoms with E-state index in [2.05, 4.69) is 15.6 Å². The maximum Gasteiger partial charge on any atom is 0.242 e. The molecule has 0 bridgehead atoms. The average Bonchev–Trinajstić information content (AvgIpc) is 2.32. The Hall–Kier alpha value is -2.29. The Morgan fingerprint density at radius 3 is 3.00 bits per heavy atom. The van der Waals surface area contributed by atoms with E-state index in [1.54, 1.807) is 6.92 Å². The zero-order chi connectivity index (χ0) is 12.8. The highest BCUT2D eigenvalue weighted by Gasteiger charge is 2.14. The van der Waals surface area contributed by atoms with Crippen LogP contribution in [0.5, 0.6) is 0 Å². The van der Waals surface area contributed by atoms with E-state index >= 15 is 0 Å². The lowest BCUT2D eigenvalue weighted by Gasteiger charge is -2.15. The van der Waals surface area contributed by atoms with E-state index in [0.29, 0.717) is 17.9 Å². The summed E-state index contributed by atoms with van der Waals surface area (Å²) in [6.45, 7) is 4.10. The number of anilines is 2. The fraction of sp³-hybridized carbons (Fsp3) is 0.364. The van der Waals surface area contributed by atoms with Gasteiger partial charge in [-0.2, -0.15) is 5.26 Å². The second kappa shape index (κ2) is 5.70. The van der Waals surface area contributed by atoms with Crippen LogP contribution in [0.1, 0.15) is 19.4 Å². The van der Waals surface area contributed by atoms with Crippen molar-refractivity contribution in [2.75, 3.05) is 17.6 Å². The molecule has 0 saturated heterocycles. The van der Waals surface area contributed by atoms with Crippen LogP contribution >= 0.6 is 0 Å². The number of aromatic nitrogens is 1. The van der Waals surface area contributed by atoms with Gasteiger partial charge in [0.05, 0.1) is 11.3 Å². The van der Waals surface area contributed by atoms with Crippen LogP contribution in [0.15, 0.2) is 12.3 Å². The van der Waals surface area contributed by atoms with E-state index in [1.165, 1.54) is 12.3 Å². The van der Waals surface area contributed by atoms with Crippen LogP contribution in [0.4, 0.5) is 11.5 Å². The topological polar surface area (TPSA) is 104 Å². The van der Waals surface area contributed by atoms with E-state index in [-0.39, 0.29) is 11.6 Å². The molecule has 0 saturated carbocycles. The number of rotatable bonds is 4. The summed E-state index contributed by atoms with van der Waals surface area (Å²) < 4.78 is 0. The minimum absolute atomic E-state index is 0.143. The molecule has 1 heterocycles. The Morgan fingerprint density at radius 2 is 2.41 bits per heavy atom. The second-order valence-electron chi connectivity index (χ2n) is 3.49. The number of hydrogen-bond donors (Lipinski definition) is 3. The SMILES string of the molecule is CCNC(=O)C(C)Nc1nccc(C#N)c1N. The van der Waals surface area contributed by atoms with Gasteiger partial charge in [-0.05, 0) is 19.9 Å². The lowest BCUT2D eigenvalue weighted by Crippen LogP contribution is -2.37. The van der Waals surface area contributed by atoms with Crippen LogP contribution in [0.3, 0.4) is 0 Å². The third-order valence-corrected chi connectivity index (χ3v) is 2.21. The van der Waals surface area contributed by atoms with Crippen molar-refractivity contribution in [3.05, 3.63) is 17.8 Å². The van der Waals surface area contributed by atoms with Crippen LogP contribution < -0.4 is 16.4 Å². The number of nitrogens with one attached hydrogen (secondary N) is 2. The maximum absolute atomic E-state index is 11.5. The molecule has 1 amide bonds. The highest BCUT2D eigenvalue weighted by molar-refractivity contribution is 5.85. The quantitative estimate of drug-likeness (QED) is 0.701. The second-order valence-corrected chi connectivity index (χ2v) is 3.49. The van der Waals surface area contributed by atoms with Gasteiger partial charge in [-0.3, -0.25) is 4.79 Å². The van der Waals surface area contributed by atoms with Gasteiger partial charge < -0.3 is 16.4 Å². The van der Waals surface area contributed by atoms with Gasteiger partial charge >= 0.3 is 0 Å². The maximum atomic E-state index is 11.5. The summed E-state index contributed by atoms with van der Waals surface area (Å²) in [7, 11) is 0. The summed E-state index contributed by atoms with van der Waals surface area (Å²) >= 11 is 0. The summed E-state index contributed by atoms with van der Waals surface area (Å²) in [5, 5.41) is 14.4. The number of pyridine rings is 1. The monoisotopic (exact) mass is 233 g/mol. The van der Waals surface area contributed by atoms with Crippen molar-refractivity contribution in [1.82, 2.24) is 10.3 Å². The molecule has 0 radical (unpaired) electrons. The molecule has 0 aliphatic heterocycles. The lowest BCUT2D eigenvalue weighted by atomic mass is 10.2. The first-order valence-corrected chi connectivity index (χ1v) is 5.29. The summed E-state index contributed by atoms with van der Waals surface area (Å²) in [6, 6.07) is 3.02. The molecule has 90 valence electrons. The zero-order valence-electron chi connectivity index (χ0n) is 9.82. The molecular weight excluding hydrogens is 218 g/mol. The van der Waals surface area contributed by atoms with Crippen LogP contribution in [-0.4, -0.2) is 23.5 Å². The van der Waals surface area contributed by atoms with Crippen LogP contribution in [0.25, 0.3) is 0 Å². The first-order chi connectivity index (χ1) is 8.10. The van der Waals surface area contributed by atoms with Crippen LogP contribution in [-0.2, 0) is 4.79 Å². The van der Waals surface area contributed by atoms with Gasteiger partial charge in [-0.1, -0.05) is 0 Å². The number of likely N-dealkylation sites (N-methyl/N-ethyl adjacent to an activating group) is 1. The van der Waals surface area contributed by atoms with Crippen LogP contribution in [0.2, 0.25) is 0 Å². The molecule has 0 fully saturated rings. The van der Waals surface area contributed by atoms with Crippen molar-refractivity contribution in [1.29, 1.82) is 5.26 Å². The van der Waals surface area contributed by atoms with Crippen molar-refractivity contribution in [2.45, 2.75) is 19.9 Å². The Kier molecular flexibility index (Phi) is 4.29. The van der Waals surface area contributed by atoms with Crippen molar-refractivity contribution >= 4 is 17.4 Å². The van der Waals surface area contributed by atoms with E-state index in [1.807, 2.05) is 13.0 Å².